The van der Waals surface area contributed by atoms with Crippen LogP contribution in [0.15, 0.2) is 12.3 Å². The predicted octanol–water partition coefficient (Wildman–Crippen LogP) is 1.57. The highest BCUT2D eigenvalue weighted by Crippen LogP contribution is 2.29. The van der Waals surface area contributed by atoms with Gasteiger partial charge in [0.05, 0.1) is 17.4 Å². The molecule has 2 rings (SSSR count). The first-order valence-electron chi connectivity index (χ1n) is 5.31. The number of nitrogens with zero attached hydrogens (tertiary/aromatic N) is 1. The summed E-state index contributed by atoms with van der Waals surface area (Å²) in [7, 11) is 0. The molecule has 5 heteroatoms. The normalized spacial score (nSPS) is 23.6. The fraction of sp³-hybridized carbons (Fsp3) is 0.455. The number of rotatable bonds is 3. The van der Waals surface area contributed by atoms with Crippen molar-refractivity contribution in [2.75, 3.05) is 11.1 Å². The van der Waals surface area contributed by atoms with E-state index in [9.17, 15) is 4.79 Å². The topological polar surface area (TPSA) is 88.2 Å². The minimum atomic E-state index is -1.02. The van der Waals surface area contributed by atoms with Crippen molar-refractivity contribution in [1.82, 2.24) is 4.98 Å². The van der Waals surface area contributed by atoms with Gasteiger partial charge in [-0.1, -0.05) is 6.92 Å². The Labute approximate surface area is 93.7 Å². The number of nitrogens with one attached hydrogen (secondary N) is 1. The summed E-state index contributed by atoms with van der Waals surface area (Å²) in [5.74, 6) is 0.304. The van der Waals surface area contributed by atoms with Crippen LogP contribution in [0.25, 0.3) is 0 Å². The van der Waals surface area contributed by atoms with Crippen LogP contribution in [0.3, 0.4) is 0 Å². The van der Waals surface area contributed by atoms with Crippen LogP contribution < -0.4 is 11.1 Å². The van der Waals surface area contributed by atoms with Crippen LogP contribution in [0, 0.1) is 5.92 Å². The average molecular weight is 221 g/mol. The molecule has 0 saturated heterocycles. The maximum Gasteiger partial charge on any atom is 0.337 e. The number of aromatic carboxylic acids is 1. The van der Waals surface area contributed by atoms with Crippen molar-refractivity contribution in [2.45, 2.75) is 25.8 Å². The van der Waals surface area contributed by atoms with Gasteiger partial charge in [0.15, 0.2) is 0 Å². The predicted molar refractivity (Wildman–Crippen MR) is 61.4 cm³/mol. The molecule has 1 heterocycles. The van der Waals surface area contributed by atoms with Gasteiger partial charge in [-0.3, -0.25) is 0 Å². The summed E-state index contributed by atoms with van der Waals surface area (Å²) in [6, 6.07) is 1.90. The Balaban J connectivity index is 2.10. The molecule has 1 aliphatic rings. The second kappa shape index (κ2) is 4.00. The van der Waals surface area contributed by atoms with Crippen LogP contribution in [0.4, 0.5) is 11.5 Å². The van der Waals surface area contributed by atoms with Gasteiger partial charge in [-0.15, -0.1) is 0 Å². The van der Waals surface area contributed by atoms with E-state index >= 15 is 0 Å². The smallest absolute Gasteiger partial charge is 0.337 e. The van der Waals surface area contributed by atoms with E-state index in [1.54, 1.807) is 0 Å². The van der Waals surface area contributed by atoms with Crippen LogP contribution in [0.5, 0.6) is 0 Å². The van der Waals surface area contributed by atoms with Gasteiger partial charge in [-0.05, 0) is 24.8 Å². The Morgan fingerprint density at radius 2 is 2.31 bits per heavy atom. The fourth-order valence-electron chi connectivity index (χ4n) is 1.96. The Bertz CT molecular complexity index is 414. The van der Waals surface area contributed by atoms with Crippen molar-refractivity contribution >= 4 is 17.5 Å². The Hall–Kier alpha value is -1.78. The van der Waals surface area contributed by atoms with Crippen molar-refractivity contribution in [2.24, 2.45) is 5.92 Å². The van der Waals surface area contributed by atoms with Crippen LogP contribution in [-0.2, 0) is 0 Å². The van der Waals surface area contributed by atoms with Gasteiger partial charge in [-0.25, -0.2) is 9.78 Å². The number of hydrogen-bond acceptors (Lipinski definition) is 4. The molecule has 0 radical (unpaired) electrons. The molecule has 0 atom stereocenters. The van der Waals surface area contributed by atoms with Crippen molar-refractivity contribution in [3.63, 3.8) is 0 Å². The molecule has 0 aliphatic heterocycles. The molecule has 0 bridgehead atoms. The third-order valence-electron chi connectivity index (χ3n) is 2.89. The molecule has 5 nitrogen and oxygen atoms in total. The quantitative estimate of drug-likeness (QED) is 0.721. The number of carboxylic acid groups (broad SMARTS) is 1. The summed E-state index contributed by atoms with van der Waals surface area (Å²) in [6.07, 6.45) is 3.59. The first-order chi connectivity index (χ1) is 7.56. The summed E-state index contributed by atoms with van der Waals surface area (Å²) in [5.41, 5.74) is 5.81. The fourth-order valence-corrected chi connectivity index (χ4v) is 1.96. The Morgan fingerprint density at radius 1 is 1.62 bits per heavy atom. The van der Waals surface area contributed by atoms with E-state index in [1.807, 2.05) is 0 Å². The van der Waals surface area contributed by atoms with Crippen molar-refractivity contribution in [3.8, 4) is 0 Å². The number of aromatic nitrogens is 1. The molecular weight excluding hydrogens is 206 g/mol. The molecule has 1 saturated carbocycles. The molecule has 1 aromatic heterocycles. The monoisotopic (exact) mass is 221 g/mol. The number of carbonyl (C=O) groups is 1. The highest BCUT2D eigenvalue weighted by molar-refractivity contribution is 5.94. The number of carboxylic acids is 1. The minimum Gasteiger partial charge on any atom is -0.478 e. The number of hydrogen-bond donors (Lipinski definition) is 3. The third kappa shape index (κ3) is 2.08. The van der Waals surface area contributed by atoms with Gasteiger partial charge >= 0.3 is 5.97 Å². The third-order valence-corrected chi connectivity index (χ3v) is 2.89. The van der Waals surface area contributed by atoms with Crippen molar-refractivity contribution in [3.05, 3.63) is 17.8 Å². The van der Waals surface area contributed by atoms with Crippen LogP contribution >= 0.6 is 0 Å². The molecular formula is C11H15N3O2. The van der Waals surface area contributed by atoms with Gasteiger partial charge in [0.2, 0.25) is 0 Å². The largest absolute Gasteiger partial charge is 0.478 e. The summed E-state index contributed by atoms with van der Waals surface area (Å²) in [6.45, 7) is 2.19. The number of anilines is 2. The molecule has 86 valence electrons. The number of pyridine rings is 1. The average Bonchev–Trinajstić information content (AvgIpc) is 2.18. The van der Waals surface area contributed by atoms with Crippen LogP contribution in [-0.4, -0.2) is 22.1 Å². The van der Waals surface area contributed by atoms with Gasteiger partial charge in [0, 0.05) is 6.04 Å². The maximum absolute atomic E-state index is 10.9. The molecule has 0 unspecified atom stereocenters. The number of nitrogens with two attached hydrogens (primary N) is 1. The van der Waals surface area contributed by atoms with Crippen molar-refractivity contribution < 1.29 is 9.90 Å². The van der Waals surface area contributed by atoms with Crippen LogP contribution in [0.1, 0.15) is 30.1 Å². The lowest BCUT2D eigenvalue weighted by Gasteiger charge is -2.33. The first-order valence-corrected chi connectivity index (χ1v) is 5.31. The Kier molecular flexibility index (Phi) is 2.68. The van der Waals surface area contributed by atoms with Gasteiger partial charge in [0.1, 0.15) is 5.82 Å². The van der Waals surface area contributed by atoms with E-state index in [0.29, 0.717) is 11.9 Å². The lowest BCUT2D eigenvalue weighted by Crippen LogP contribution is -2.34. The van der Waals surface area contributed by atoms with E-state index in [1.165, 1.54) is 12.3 Å². The van der Waals surface area contributed by atoms with Gasteiger partial charge in [-0.2, -0.15) is 0 Å². The summed E-state index contributed by atoms with van der Waals surface area (Å²) in [4.78, 5) is 14.9. The van der Waals surface area contributed by atoms with Gasteiger partial charge < -0.3 is 16.2 Å². The Morgan fingerprint density at radius 3 is 2.88 bits per heavy atom. The zero-order chi connectivity index (χ0) is 11.7. The van der Waals surface area contributed by atoms with E-state index in [4.69, 9.17) is 10.8 Å². The van der Waals surface area contributed by atoms with E-state index in [0.717, 1.165) is 18.8 Å². The zero-order valence-electron chi connectivity index (χ0n) is 9.10. The molecule has 0 aromatic carbocycles. The van der Waals surface area contributed by atoms with Crippen molar-refractivity contribution in [1.29, 1.82) is 0 Å². The summed E-state index contributed by atoms with van der Waals surface area (Å²) >= 11 is 0. The van der Waals surface area contributed by atoms with E-state index in [2.05, 4.69) is 17.2 Å². The summed E-state index contributed by atoms with van der Waals surface area (Å²) < 4.78 is 0. The molecule has 16 heavy (non-hydrogen) atoms. The molecule has 4 N–H and O–H groups in total. The summed E-state index contributed by atoms with van der Waals surface area (Å²) in [5, 5.41) is 12.1. The minimum absolute atomic E-state index is 0.102. The van der Waals surface area contributed by atoms with Crippen LogP contribution in [0.2, 0.25) is 0 Å². The second-order valence-electron chi connectivity index (χ2n) is 4.38. The highest BCUT2D eigenvalue weighted by atomic mass is 16.4. The zero-order valence-corrected chi connectivity index (χ0v) is 9.10. The highest BCUT2D eigenvalue weighted by Gasteiger charge is 2.25. The molecule has 1 aliphatic carbocycles. The first kappa shape index (κ1) is 10.7. The van der Waals surface area contributed by atoms with Gasteiger partial charge in [0.25, 0.3) is 0 Å². The SMILES string of the molecule is CC1CC(Nc2cc(C(=O)O)c(N)cn2)C1. The lowest BCUT2D eigenvalue weighted by atomic mass is 9.82. The van der Waals surface area contributed by atoms with E-state index < -0.39 is 5.97 Å². The molecule has 0 amide bonds. The molecule has 1 fully saturated rings. The maximum atomic E-state index is 10.9. The number of nitrogen functional groups attached to an aromatic ring is 1. The second-order valence-corrected chi connectivity index (χ2v) is 4.38. The molecule has 0 spiro atoms. The van der Waals surface area contributed by atoms with E-state index in [-0.39, 0.29) is 11.3 Å². The lowest BCUT2D eigenvalue weighted by molar-refractivity contribution is 0.0698. The standard InChI is InChI=1S/C11H15N3O2/c1-6-2-7(3-6)14-10-4-8(11(15)16)9(12)5-13-10/h4-7H,2-3,12H2,1H3,(H,13,14)(H,15,16). The molecule has 1 aromatic rings.